The van der Waals surface area contributed by atoms with Crippen LogP contribution in [0.1, 0.15) is 15.9 Å². The number of methoxy groups -OCH3 is 1. The van der Waals surface area contributed by atoms with Gasteiger partial charge in [0.2, 0.25) is 0 Å². The monoisotopic (exact) mass is 392 g/mol. The van der Waals surface area contributed by atoms with Gasteiger partial charge in [0, 0.05) is 10.0 Å². The van der Waals surface area contributed by atoms with Gasteiger partial charge in [-0.2, -0.15) is 0 Å². The van der Waals surface area contributed by atoms with E-state index in [1.807, 2.05) is 19.1 Å². The lowest BCUT2D eigenvalue weighted by atomic mass is 10.2. The Bertz CT molecular complexity index is 732. The number of ether oxygens (including phenoxy) is 2. The van der Waals surface area contributed by atoms with E-state index in [0.29, 0.717) is 17.1 Å². The number of hydrogen-bond donors (Lipinski definition) is 2. The van der Waals surface area contributed by atoms with Gasteiger partial charge in [0.15, 0.2) is 6.61 Å². The van der Waals surface area contributed by atoms with Crippen molar-refractivity contribution in [3.8, 4) is 11.5 Å². The Kier molecular flexibility index (Phi) is 6.20. The fourth-order valence-corrected chi connectivity index (χ4v) is 2.08. The standard InChI is InChI=1S/C17H17BrN2O4/c1-11-9-14(7-8-15(11)18)24-10-16(21)19-20-17(22)12-3-5-13(23-2)6-4-12/h3-9H,10H2,1-2H3,(H,19,21)(H,20,22). The van der Waals surface area contributed by atoms with E-state index in [9.17, 15) is 9.59 Å². The van der Waals surface area contributed by atoms with E-state index in [2.05, 4.69) is 26.8 Å². The van der Waals surface area contributed by atoms with E-state index in [1.165, 1.54) is 0 Å². The first kappa shape index (κ1) is 17.8. The summed E-state index contributed by atoms with van der Waals surface area (Å²) in [6.45, 7) is 1.72. The van der Waals surface area contributed by atoms with Gasteiger partial charge in [-0.05, 0) is 55.0 Å². The summed E-state index contributed by atoms with van der Waals surface area (Å²) >= 11 is 3.39. The molecule has 0 saturated heterocycles. The van der Waals surface area contributed by atoms with Gasteiger partial charge in [-0.1, -0.05) is 15.9 Å². The maximum atomic E-state index is 11.9. The van der Waals surface area contributed by atoms with Crippen LogP contribution in [0, 0.1) is 6.92 Å². The van der Waals surface area contributed by atoms with Crippen molar-refractivity contribution in [3.63, 3.8) is 0 Å². The zero-order valence-electron chi connectivity index (χ0n) is 13.3. The molecule has 0 spiro atoms. The third-order valence-electron chi connectivity index (χ3n) is 3.17. The molecule has 126 valence electrons. The molecule has 0 unspecified atom stereocenters. The third-order valence-corrected chi connectivity index (χ3v) is 4.06. The number of nitrogens with one attached hydrogen (secondary N) is 2. The number of amides is 2. The van der Waals surface area contributed by atoms with Crippen LogP contribution in [0.25, 0.3) is 0 Å². The van der Waals surface area contributed by atoms with Crippen molar-refractivity contribution in [2.45, 2.75) is 6.92 Å². The molecule has 24 heavy (non-hydrogen) atoms. The number of hydrogen-bond acceptors (Lipinski definition) is 4. The lowest BCUT2D eigenvalue weighted by molar-refractivity contribution is -0.123. The van der Waals surface area contributed by atoms with Gasteiger partial charge in [0.05, 0.1) is 7.11 Å². The molecule has 0 aliphatic carbocycles. The van der Waals surface area contributed by atoms with Crippen LogP contribution in [0.15, 0.2) is 46.9 Å². The first-order chi connectivity index (χ1) is 11.5. The van der Waals surface area contributed by atoms with Gasteiger partial charge in [-0.25, -0.2) is 0 Å². The quantitative estimate of drug-likeness (QED) is 0.766. The van der Waals surface area contributed by atoms with Crippen LogP contribution in [-0.2, 0) is 4.79 Å². The highest BCUT2D eigenvalue weighted by Gasteiger charge is 2.08. The Morgan fingerprint density at radius 3 is 2.33 bits per heavy atom. The molecule has 0 fully saturated rings. The summed E-state index contributed by atoms with van der Waals surface area (Å²) in [7, 11) is 1.54. The topological polar surface area (TPSA) is 76.7 Å². The molecule has 0 aliphatic heterocycles. The largest absolute Gasteiger partial charge is 0.497 e. The Balaban J connectivity index is 1.79. The molecule has 0 aromatic heterocycles. The van der Waals surface area contributed by atoms with E-state index in [1.54, 1.807) is 37.4 Å². The predicted molar refractivity (Wildman–Crippen MR) is 93.0 cm³/mol. The van der Waals surface area contributed by atoms with Crippen molar-refractivity contribution in [2.75, 3.05) is 13.7 Å². The van der Waals surface area contributed by atoms with Crippen molar-refractivity contribution in [3.05, 3.63) is 58.1 Å². The van der Waals surface area contributed by atoms with E-state index in [4.69, 9.17) is 9.47 Å². The second-order valence-corrected chi connectivity index (χ2v) is 5.78. The number of hydrazine groups is 1. The van der Waals surface area contributed by atoms with E-state index in [-0.39, 0.29) is 6.61 Å². The normalized spacial score (nSPS) is 9.96. The molecule has 0 heterocycles. The molecule has 0 bridgehead atoms. The first-order valence-electron chi connectivity index (χ1n) is 7.12. The van der Waals surface area contributed by atoms with Crippen LogP contribution < -0.4 is 20.3 Å². The SMILES string of the molecule is COc1ccc(C(=O)NNC(=O)COc2ccc(Br)c(C)c2)cc1. The summed E-state index contributed by atoms with van der Waals surface area (Å²) in [5.74, 6) is 0.337. The summed E-state index contributed by atoms with van der Waals surface area (Å²) in [5.41, 5.74) is 6.03. The third kappa shape index (κ3) is 4.99. The zero-order valence-corrected chi connectivity index (χ0v) is 14.8. The van der Waals surface area contributed by atoms with E-state index in [0.717, 1.165) is 10.0 Å². The summed E-state index contributed by atoms with van der Waals surface area (Å²) in [6, 6.07) is 11.9. The Morgan fingerprint density at radius 2 is 1.71 bits per heavy atom. The van der Waals surface area contributed by atoms with Gasteiger partial charge in [0.1, 0.15) is 11.5 Å². The van der Waals surface area contributed by atoms with E-state index < -0.39 is 11.8 Å². The molecule has 7 heteroatoms. The highest BCUT2D eigenvalue weighted by Crippen LogP contribution is 2.21. The predicted octanol–water partition coefficient (Wildman–Crippen LogP) is 2.61. The molecule has 2 aromatic rings. The minimum atomic E-state index is -0.461. The molecule has 0 radical (unpaired) electrons. The Hall–Kier alpha value is -2.54. The number of rotatable bonds is 5. The molecule has 2 amide bonds. The van der Waals surface area contributed by atoms with Crippen LogP contribution in [-0.4, -0.2) is 25.5 Å². The maximum absolute atomic E-state index is 11.9. The molecule has 2 N–H and O–H groups in total. The smallest absolute Gasteiger partial charge is 0.276 e. The molecule has 2 aromatic carbocycles. The molecule has 6 nitrogen and oxygen atoms in total. The number of halogens is 1. The van der Waals surface area contributed by atoms with Crippen molar-refractivity contribution in [1.82, 2.24) is 10.9 Å². The Morgan fingerprint density at radius 1 is 1.04 bits per heavy atom. The highest BCUT2D eigenvalue weighted by molar-refractivity contribution is 9.10. The van der Waals surface area contributed by atoms with Crippen molar-refractivity contribution in [1.29, 1.82) is 0 Å². The second-order valence-electron chi connectivity index (χ2n) is 4.93. The molecule has 2 rings (SSSR count). The summed E-state index contributed by atoms with van der Waals surface area (Å²) in [4.78, 5) is 23.6. The second kappa shape index (κ2) is 8.35. The van der Waals surface area contributed by atoms with Crippen LogP contribution in [0.2, 0.25) is 0 Å². The lowest BCUT2D eigenvalue weighted by Gasteiger charge is -2.10. The number of carbonyl (C=O) groups excluding carboxylic acids is 2. The van der Waals surface area contributed by atoms with Gasteiger partial charge >= 0.3 is 0 Å². The minimum absolute atomic E-state index is 0.204. The fraction of sp³-hybridized carbons (Fsp3) is 0.176. The summed E-state index contributed by atoms with van der Waals surface area (Å²) in [6.07, 6.45) is 0. The number of benzene rings is 2. The van der Waals surface area contributed by atoms with Gasteiger partial charge in [0.25, 0.3) is 11.8 Å². The molecule has 0 atom stereocenters. The van der Waals surface area contributed by atoms with Crippen LogP contribution in [0.5, 0.6) is 11.5 Å². The first-order valence-corrected chi connectivity index (χ1v) is 7.91. The minimum Gasteiger partial charge on any atom is -0.497 e. The van der Waals surface area contributed by atoms with Gasteiger partial charge in [-0.3, -0.25) is 20.4 Å². The number of aryl methyl sites for hydroxylation is 1. The zero-order chi connectivity index (χ0) is 17.5. The fourth-order valence-electron chi connectivity index (χ4n) is 1.83. The number of carbonyl (C=O) groups is 2. The van der Waals surface area contributed by atoms with Gasteiger partial charge in [-0.15, -0.1) is 0 Å². The highest BCUT2D eigenvalue weighted by atomic mass is 79.9. The molecular formula is C17H17BrN2O4. The van der Waals surface area contributed by atoms with Crippen LogP contribution in [0.4, 0.5) is 0 Å². The maximum Gasteiger partial charge on any atom is 0.276 e. The average molecular weight is 393 g/mol. The van der Waals surface area contributed by atoms with Crippen LogP contribution in [0.3, 0.4) is 0 Å². The average Bonchev–Trinajstić information content (AvgIpc) is 2.60. The van der Waals surface area contributed by atoms with E-state index >= 15 is 0 Å². The molecular weight excluding hydrogens is 376 g/mol. The summed E-state index contributed by atoms with van der Waals surface area (Å²) in [5, 5.41) is 0. The van der Waals surface area contributed by atoms with Gasteiger partial charge < -0.3 is 9.47 Å². The van der Waals surface area contributed by atoms with Crippen molar-refractivity contribution >= 4 is 27.7 Å². The lowest BCUT2D eigenvalue weighted by Crippen LogP contribution is -2.43. The Labute approximate surface area is 148 Å². The molecule has 0 aliphatic rings. The molecule has 0 saturated carbocycles. The van der Waals surface area contributed by atoms with Crippen LogP contribution >= 0.6 is 15.9 Å². The van der Waals surface area contributed by atoms with Crippen molar-refractivity contribution in [2.24, 2.45) is 0 Å². The van der Waals surface area contributed by atoms with Crippen molar-refractivity contribution < 1.29 is 19.1 Å². The summed E-state index contributed by atoms with van der Waals surface area (Å²) < 4.78 is 11.4.